The van der Waals surface area contributed by atoms with E-state index in [4.69, 9.17) is 5.11 Å². The van der Waals surface area contributed by atoms with E-state index in [-0.39, 0.29) is 12.8 Å². The van der Waals surface area contributed by atoms with Crippen LogP contribution in [0.3, 0.4) is 0 Å². The number of hydrogen-bond acceptors (Lipinski definition) is 2. The number of carbonyl (C=O) groups excluding carboxylic acids is 1. The van der Waals surface area contributed by atoms with Crippen molar-refractivity contribution < 1.29 is 41.0 Å². The Morgan fingerprint density at radius 3 is 1.85 bits per heavy atom. The molecule has 0 aliphatic rings. The lowest BCUT2D eigenvalue weighted by Crippen LogP contribution is -2.52. The van der Waals surface area contributed by atoms with Gasteiger partial charge in [0.25, 0.3) is 0 Å². The molecule has 0 aromatic rings. The summed E-state index contributed by atoms with van der Waals surface area (Å²) in [6.45, 7) is 1.65. The summed E-state index contributed by atoms with van der Waals surface area (Å²) in [4.78, 5) is 21.8. The first kappa shape index (κ1) is 18.5. The Morgan fingerprint density at radius 2 is 1.55 bits per heavy atom. The Hall–Kier alpha value is -1.48. The van der Waals surface area contributed by atoms with Crippen LogP contribution in [0.2, 0.25) is 0 Å². The smallest absolute Gasteiger partial charge is 0.409 e. The van der Waals surface area contributed by atoms with Crippen molar-refractivity contribution in [3.8, 4) is 0 Å². The Bertz CT molecular complexity index is 338. The summed E-state index contributed by atoms with van der Waals surface area (Å²) in [5.74, 6) is -8.33. The minimum atomic E-state index is -5.84. The Balaban J connectivity index is 5.04. The van der Waals surface area contributed by atoms with Crippen LogP contribution in [0.15, 0.2) is 0 Å². The van der Waals surface area contributed by atoms with Crippen molar-refractivity contribution in [2.75, 3.05) is 0 Å². The number of alkyl halides is 6. The summed E-state index contributed by atoms with van der Waals surface area (Å²) in [7, 11) is 0. The molecule has 0 fully saturated rings. The zero-order chi connectivity index (χ0) is 16.1. The van der Waals surface area contributed by atoms with Crippen LogP contribution in [0.4, 0.5) is 26.3 Å². The number of halogens is 6. The topological polar surface area (TPSA) is 66.4 Å². The van der Waals surface area contributed by atoms with E-state index >= 15 is 0 Å². The predicted molar refractivity (Wildman–Crippen MR) is 54.7 cm³/mol. The van der Waals surface area contributed by atoms with Crippen molar-refractivity contribution in [2.24, 2.45) is 5.92 Å². The largest absolute Gasteiger partial charge is 0.480 e. The normalized spacial score (nSPS) is 14.2. The molecule has 0 saturated carbocycles. The second-order valence-corrected chi connectivity index (χ2v) is 4.06. The van der Waals surface area contributed by atoms with Crippen molar-refractivity contribution >= 4 is 11.9 Å². The van der Waals surface area contributed by atoms with Crippen LogP contribution in [-0.4, -0.2) is 35.4 Å². The fourth-order valence-electron chi connectivity index (χ4n) is 1.40. The van der Waals surface area contributed by atoms with Gasteiger partial charge in [0.1, 0.15) is 6.04 Å². The molecule has 4 nitrogen and oxygen atoms in total. The second kappa shape index (κ2) is 6.80. The van der Waals surface area contributed by atoms with Crippen LogP contribution in [0.5, 0.6) is 0 Å². The van der Waals surface area contributed by atoms with Crippen molar-refractivity contribution in [1.82, 2.24) is 5.32 Å². The number of unbranched alkanes of at least 4 members (excludes halogenated alkanes) is 1. The lowest BCUT2D eigenvalue weighted by atomic mass is 10.1. The van der Waals surface area contributed by atoms with Gasteiger partial charge >= 0.3 is 18.3 Å². The third-order valence-corrected chi connectivity index (χ3v) is 2.38. The van der Waals surface area contributed by atoms with Crippen LogP contribution in [0.25, 0.3) is 0 Å². The highest BCUT2D eigenvalue weighted by atomic mass is 19.4. The average molecular weight is 309 g/mol. The van der Waals surface area contributed by atoms with Crippen LogP contribution < -0.4 is 5.32 Å². The maximum atomic E-state index is 12.2. The lowest BCUT2D eigenvalue weighted by molar-refractivity contribution is -0.274. The van der Waals surface area contributed by atoms with Gasteiger partial charge in [-0.25, -0.2) is 4.79 Å². The molecule has 1 unspecified atom stereocenters. The molecule has 0 radical (unpaired) electrons. The molecule has 1 amide bonds. The molecule has 0 aliphatic carbocycles. The van der Waals surface area contributed by atoms with E-state index < -0.39 is 36.2 Å². The van der Waals surface area contributed by atoms with Gasteiger partial charge < -0.3 is 10.4 Å². The average Bonchev–Trinajstić information content (AvgIpc) is 2.19. The molecule has 0 aliphatic heterocycles. The molecule has 0 aromatic carbocycles. The molecule has 0 spiro atoms. The molecule has 10 heteroatoms. The van der Waals surface area contributed by atoms with Crippen LogP contribution in [0.1, 0.15) is 26.2 Å². The van der Waals surface area contributed by atoms with Gasteiger partial charge in [-0.15, -0.1) is 0 Å². The number of hydrogen-bond donors (Lipinski definition) is 2. The molecule has 2 N–H and O–H groups in total. The molecule has 20 heavy (non-hydrogen) atoms. The molecule has 0 rings (SSSR count). The number of rotatable bonds is 6. The van der Waals surface area contributed by atoms with Crippen LogP contribution in [-0.2, 0) is 9.59 Å². The minimum absolute atomic E-state index is 0.236. The molecule has 0 saturated heterocycles. The second-order valence-electron chi connectivity index (χ2n) is 4.06. The number of amides is 1. The summed E-state index contributed by atoms with van der Waals surface area (Å²) in [6, 6.07) is -1.78. The van der Waals surface area contributed by atoms with E-state index in [0.29, 0.717) is 6.42 Å². The van der Waals surface area contributed by atoms with E-state index in [0.717, 1.165) is 0 Å². The molecule has 1 atom stereocenters. The fraction of sp³-hybridized carbons (Fsp3) is 0.800. The van der Waals surface area contributed by atoms with Gasteiger partial charge in [0.15, 0.2) is 0 Å². The maximum absolute atomic E-state index is 12.2. The van der Waals surface area contributed by atoms with Gasteiger partial charge in [-0.05, 0) is 6.42 Å². The van der Waals surface area contributed by atoms with E-state index in [1.807, 2.05) is 0 Å². The van der Waals surface area contributed by atoms with Crippen molar-refractivity contribution in [3.05, 3.63) is 0 Å². The van der Waals surface area contributed by atoms with Gasteiger partial charge in [-0.2, -0.15) is 26.3 Å². The third kappa shape index (κ3) is 5.66. The van der Waals surface area contributed by atoms with Crippen molar-refractivity contribution in [3.63, 3.8) is 0 Å². The molecule has 0 bridgehead atoms. The van der Waals surface area contributed by atoms with Crippen LogP contribution >= 0.6 is 0 Å². The summed E-state index contributed by atoms with van der Waals surface area (Å²) in [5, 5.41) is 9.94. The first-order valence-corrected chi connectivity index (χ1v) is 5.57. The highest BCUT2D eigenvalue weighted by Crippen LogP contribution is 2.39. The maximum Gasteiger partial charge on any atom is 0.409 e. The SMILES string of the molecule is CCCCC(NC(=O)C(C(F)(F)F)C(F)(F)F)C(=O)O. The summed E-state index contributed by atoms with van der Waals surface area (Å²) in [6.07, 6.45) is -11.2. The van der Waals surface area contributed by atoms with Crippen molar-refractivity contribution in [1.29, 1.82) is 0 Å². The van der Waals surface area contributed by atoms with E-state index in [1.165, 1.54) is 5.32 Å². The van der Waals surface area contributed by atoms with Gasteiger partial charge in [0, 0.05) is 0 Å². The molecule has 0 aromatic heterocycles. The molecular weight excluding hydrogens is 296 g/mol. The number of carbonyl (C=O) groups is 2. The molecule has 0 heterocycles. The van der Waals surface area contributed by atoms with Gasteiger partial charge in [0.2, 0.25) is 11.8 Å². The van der Waals surface area contributed by atoms with Crippen LogP contribution in [0, 0.1) is 5.92 Å². The van der Waals surface area contributed by atoms with E-state index in [1.54, 1.807) is 6.92 Å². The third-order valence-electron chi connectivity index (χ3n) is 2.38. The summed E-state index contributed by atoms with van der Waals surface area (Å²) >= 11 is 0. The first-order chi connectivity index (χ1) is 8.91. The molecule has 118 valence electrons. The standard InChI is InChI=1S/C10H13F6NO3/c1-2-3-4-5(8(19)20)17-7(18)6(9(11,12)13)10(14,15)16/h5-6H,2-4H2,1H3,(H,17,18)(H,19,20). The monoisotopic (exact) mass is 309 g/mol. The highest BCUT2D eigenvalue weighted by Gasteiger charge is 2.61. The quantitative estimate of drug-likeness (QED) is 0.741. The summed E-state index contributed by atoms with van der Waals surface area (Å²) in [5.41, 5.74) is 0. The number of nitrogens with one attached hydrogen (secondary N) is 1. The van der Waals surface area contributed by atoms with E-state index in [9.17, 15) is 35.9 Å². The Kier molecular flexibility index (Phi) is 6.30. The first-order valence-electron chi connectivity index (χ1n) is 5.57. The summed E-state index contributed by atoms with van der Waals surface area (Å²) < 4.78 is 73.5. The molecular formula is C10H13F6NO3. The lowest BCUT2D eigenvalue weighted by Gasteiger charge is -2.24. The highest BCUT2D eigenvalue weighted by molar-refractivity contribution is 5.85. The van der Waals surface area contributed by atoms with Crippen molar-refractivity contribution in [2.45, 2.75) is 44.6 Å². The fourth-order valence-corrected chi connectivity index (χ4v) is 1.40. The predicted octanol–water partition coefficient (Wildman–Crippen LogP) is 2.49. The van der Waals surface area contributed by atoms with Gasteiger partial charge in [0.05, 0.1) is 0 Å². The Morgan fingerprint density at radius 1 is 1.10 bits per heavy atom. The number of aliphatic carboxylic acids is 1. The zero-order valence-electron chi connectivity index (χ0n) is 10.3. The zero-order valence-corrected chi connectivity index (χ0v) is 10.3. The Labute approximate surface area is 110 Å². The minimum Gasteiger partial charge on any atom is -0.480 e. The van der Waals surface area contributed by atoms with Gasteiger partial charge in [-0.1, -0.05) is 19.8 Å². The van der Waals surface area contributed by atoms with E-state index in [2.05, 4.69) is 0 Å². The number of carboxylic acid groups (broad SMARTS) is 1. The number of carboxylic acids is 1. The van der Waals surface area contributed by atoms with Gasteiger partial charge in [-0.3, -0.25) is 4.79 Å².